The lowest BCUT2D eigenvalue weighted by molar-refractivity contribution is 0.288. The first kappa shape index (κ1) is 24.3. The van der Waals surface area contributed by atoms with E-state index < -0.39 is 11.6 Å². The topological polar surface area (TPSA) is 9.23 Å². The average molecular weight is 439 g/mol. The molecule has 0 heterocycles. The summed E-state index contributed by atoms with van der Waals surface area (Å²) in [4.78, 5) is 0. The van der Waals surface area contributed by atoms with Crippen LogP contribution in [0.2, 0.25) is 0 Å². The standard InChI is InChI=1S/C29H36F2O/c1-3-5-7-8-22-9-14-24(15-10-22)25-16-11-23(12-17-25)13-18-26-19-20-27(29(31)28(26)30)32-21-6-4-2/h11-12,16-17,19-20,22,24H,3-10,14-15,21H2,1-2H3/t22-,24-. The summed E-state index contributed by atoms with van der Waals surface area (Å²) in [6, 6.07) is 11.2. The third kappa shape index (κ3) is 6.83. The van der Waals surface area contributed by atoms with Crippen LogP contribution >= 0.6 is 0 Å². The molecule has 1 saturated carbocycles. The maximum atomic E-state index is 14.4. The minimum Gasteiger partial charge on any atom is -0.490 e. The van der Waals surface area contributed by atoms with Gasteiger partial charge in [0.25, 0.3) is 0 Å². The van der Waals surface area contributed by atoms with Gasteiger partial charge in [0, 0.05) is 5.56 Å². The average Bonchev–Trinajstić information content (AvgIpc) is 2.82. The molecular formula is C29H36F2O. The summed E-state index contributed by atoms with van der Waals surface area (Å²) in [6.07, 6.45) is 12.3. The van der Waals surface area contributed by atoms with Crippen molar-refractivity contribution in [3.63, 3.8) is 0 Å². The molecular weight excluding hydrogens is 402 g/mol. The second kappa shape index (κ2) is 12.6. The van der Waals surface area contributed by atoms with E-state index in [0.29, 0.717) is 12.5 Å². The summed E-state index contributed by atoms with van der Waals surface area (Å²) in [5, 5.41) is 0. The minimum atomic E-state index is -0.964. The van der Waals surface area contributed by atoms with E-state index in [1.54, 1.807) is 0 Å². The van der Waals surface area contributed by atoms with Crippen LogP contribution in [0.1, 0.15) is 101 Å². The number of ether oxygens (including phenoxy) is 1. The van der Waals surface area contributed by atoms with Gasteiger partial charge in [-0.2, -0.15) is 4.39 Å². The summed E-state index contributed by atoms with van der Waals surface area (Å²) in [5.74, 6) is 5.32. The van der Waals surface area contributed by atoms with Gasteiger partial charge < -0.3 is 4.74 Å². The van der Waals surface area contributed by atoms with Crippen molar-refractivity contribution in [2.75, 3.05) is 6.61 Å². The lowest BCUT2D eigenvalue weighted by Crippen LogP contribution is -2.13. The molecule has 1 aliphatic rings. The number of halogens is 2. The maximum Gasteiger partial charge on any atom is 0.201 e. The van der Waals surface area contributed by atoms with E-state index in [0.717, 1.165) is 24.3 Å². The van der Waals surface area contributed by atoms with E-state index in [1.165, 1.54) is 69.1 Å². The Hall–Kier alpha value is -2.34. The van der Waals surface area contributed by atoms with Gasteiger partial charge in [0.2, 0.25) is 5.82 Å². The van der Waals surface area contributed by atoms with Gasteiger partial charge >= 0.3 is 0 Å². The molecule has 0 aromatic heterocycles. The summed E-state index contributed by atoms with van der Waals surface area (Å²) in [5.41, 5.74) is 2.23. The number of rotatable bonds is 9. The zero-order valence-electron chi connectivity index (χ0n) is 19.6. The molecule has 0 aliphatic heterocycles. The number of benzene rings is 2. The van der Waals surface area contributed by atoms with Crippen LogP contribution in [0.25, 0.3) is 0 Å². The third-order valence-corrected chi connectivity index (χ3v) is 6.59. The van der Waals surface area contributed by atoms with Gasteiger partial charge in [-0.1, -0.05) is 69.9 Å². The van der Waals surface area contributed by atoms with E-state index in [2.05, 4.69) is 30.9 Å². The quantitative estimate of drug-likeness (QED) is 0.282. The third-order valence-electron chi connectivity index (χ3n) is 6.59. The molecule has 3 heteroatoms. The Bertz CT molecular complexity index is 899. The highest BCUT2D eigenvalue weighted by Crippen LogP contribution is 2.37. The van der Waals surface area contributed by atoms with E-state index in [1.807, 2.05) is 19.1 Å². The summed E-state index contributed by atoms with van der Waals surface area (Å²) >= 11 is 0. The second-order valence-corrected chi connectivity index (χ2v) is 9.03. The van der Waals surface area contributed by atoms with Crippen molar-refractivity contribution in [3.8, 4) is 17.6 Å². The first-order valence-corrected chi connectivity index (χ1v) is 12.3. The molecule has 172 valence electrons. The van der Waals surface area contributed by atoms with E-state index in [9.17, 15) is 8.78 Å². The van der Waals surface area contributed by atoms with E-state index >= 15 is 0 Å². The van der Waals surface area contributed by atoms with Gasteiger partial charge in [-0.15, -0.1) is 0 Å². The van der Waals surface area contributed by atoms with Crippen molar-refractivity contribution in [3.05, 3.63) is 64.7 Å². The molecule has 32 heavy (non-hydrogen) atoms. The Morgan fingerprint density at radius 1 is 0.812 bits per heavy atom. The normalized spacial score (nSPS) is 18.1. The van der Waals surface area contributed by atoms with Crippen LogP contribution < -0.4 is 4.74 Å². The number of hydrogen-bond donors (Lipinski definition) is 0. The molecule has 1 fully saturated rings. The highest BCUT2D eigenvalue weighted by Gasteiger charge is 2.22. The molecule has 0 bridgehead atoms. The van der Waals surface area contributed by atoms with Crippen molar-refractivity contribution in [1.29, 1.82) is 0 Å². The Morgan fingerprint density at radius 2 is 1.53 bits per heavy atom. The second-order valence-electron chi connectivity index (χ2n) is 9.03. The van der Waals surface area contributed by atoms with Crippen molar-refractivity contribution in [2.24, 2.45) is 5.92 Å². The Morgan fingerprint density at radius 3 is 2.22 bits per heavy atom. The molecule has 0 saturated heterocycles. The molecule has 0 spiro atoms. The number of unbranched alkanes of at least 4 members (excludes halogenated alkanes) is 3. The van der Waals surface area contributed by atoms with Gasteiger partial charge in [0.05, 0.1) is 12.2 Å². The lowest BCUT2D eigenvalue weighted by Gasteiger charge is -2.29. The van der Waals surface area contributed by atoms with Crippen molar-refractivity contribution in [2.45, 2.75) is 84.0 Å². The van der Waals surface area contributed by atoms with Gasteiger partial charge in [0.15, 0.2) is 11.6 Å². The van der Waals surface area contributed by atoms with Gasteiger partial charge in [-0.05, 0) is 73.8 Å². The SMILES string of the molecule is CCCCC[C@H]1CC[C@H](c2ccc(C#Cc3ccc(OCCCC)c(F)c3F)cc2)CC1. The molecule has 1 aliphatic carbocycles. The molecule has 3 rings (SSSR count). The maximum absolute atomic E-state index is 14.4. The van der Waals surface area contributed by atoms with Crippen LogP contribution in [-0.2, 0) is 0 Å². The lowest BCUT2D eigenvalue weighted by atomic mass is 9.77. The fourth-order valence-corrected chi connectivity index (χ4v) is 4.51. The Balaban J connectivity index is 1.57. The fraction of sp³-hybridized carbons (Fsp3) is 0.517. The van der Waals surface area contributed by atoms with Crippen LogP contribution in [0.4, 0.5) is 8.78 Å². The Kier molecular flexibility index (Phi) is 9.60. The predicted octanol–water partition coefficient (Wildman–Crippen LogP) is 8.40. The van der Waals surface area contributed by atoms with Crippen molar-refractivity contribution < 1.29 is 13.5 Å². The number of hydrogen-bond acceptors (Lipinski definition) is 1. The summed E-state index contributed by atoms with van der Waals surface area (Å²) in [6.45, 7) is 4.66. The van der Waals surface area contributed by atoms with Gasteiger partial charge in [-0.3, -0.25) is 0 Å². The van der Waals surface area contributed by atoms with Crippen molar-refractivity contribution >= 4 is 0 Å². The van der Waals surface area contributed by atoms with Crippen LogP contribution in [0.3, 0.4) is 0 Å². The smallest absolute Gasteiger partial charge is 0.201 e. The molecule has 0 N–H and O–H groups in total. The Labute approximate surface area is 192 Å². The molecule has 2 aromatic carbocycles. The molecule has 0 radical (unpaired) electrons. The molecule has 0 atom stereocenters. The summed E-state index contributed by atoms with van der Waals surface area (Å²) < 4.78 is 33.9. The van der Waals surface area contributed by atoms with E-state index in [4.69, 9.17) is 4.74 Å². The van der Waals surface area contributed by atoms with Gasteiger partial charge in [0.1, 0.15) is 0 Å². The van der Waals surface area contributed by atoms with Crippen LogP contribution in [0, 0.1) is 29.4 Å². The zero-order chi connectivity index (χ0) is 22.8. The first-order chi connectivity index (χ1) is 15.6. The zero-order valence-corrected chi connectivity index (χ0v) is 19.6. The minimum absolute atomic E-state index is 0.0501. The highest BCUT2D eigenvalue weighted by atomic mass is 19.2. The predicted molar refractivity (Wildman–Crippen MR) is 128 cm³/mol. The molecule has 2 aromatic rings. The van der Waals surface area contributed by atoms with E-state index in [-0.39, 0.29) is 11.3 Å². The van der Waals surface area contributed by atoms with Crippen LogP contribution in [0.15, 0.2) is 36.4 Å². The van der Waals surface area contributed by atoms with Crippen molar-refractivity contribution in [1.82, 2.24) is 0 Å². The van der Waals surface area contributed by atoms with Crippen LogP contribution in [0.5, 0.6) is 5.75 Å². The van der Waals surface area contributed by atoms with Gasteiger partial charge in [-0.25, -0.2) is 4.39 Å². The monoisotopic (exact) mass is 438 g/mol. The fourth-order valence-electron chi connectivity index (χ4n) is 4.51. The highest BCUT2D eigenvalue weighted by molar-refractivity contribution is 5.46. The largest absolute Gasteiger partial charge is 0.490 e. The molecule has 1 nitrogen and oxygen atoms in total. The molecule has 0 unspecified atom stereocenters. The van der Waals surface area contributed by atoms with Crippen LogP contribution in [-0.4, -0.2) is 6.61 Å². The first-order valence-electron chi connectivity index (χ1n) is 12.3. The summed E-state index contributed by atoms with van der Waals surface area (Å²) in [7, 11) is 0. The molecule has 0 amide bonds.